The molecule has 0 amide bonds. The van der Waals surface area contributed by atoms with E-state index in [2.05, 4.69) is 21.0 Å². The topological polar surface area (TPSA) is 94.1 Å². The summed E-state index contributed by atoms with van der Waals surface area (Å²) in [7, 11) is 0. The molecule has 0 aliphatic heterocycles. The second-order valence-electron chi connectivity index (χ2n) is 9.29. The molecule has 0 radical (unpaired) electrons. The van der Waals surface area contributed by atoms with Crippen molar-refractivity contribution in [3.8, 4) is 0 Å². The monoisotopic (exact) mass is 702 g/mol. The van der Waals surface area contributed by atoms with Gasteiger partial charge >= 0.3 is 77.5 Å². The molecule has 44 heavy (non-hydrogen) atoms. The summed E-state index contributed by atoms with van der Waals surface area (Å²) < 4.78 is 171. The summed E-state index contributed by atoms with van der Waals surface area (Å²) in [6, 6.07) is 0. The third-order valence-corrected chi connectivity index (χ3v) is 6.62. The third kappa shape index (κ3) is 12.8. The van der Waals surface area contributed by atoms with Gasteiger partial charge in [-0.25, -0.2) is 8.78 Å². The first-order chi connectivity index (χ1) is 19.7. The van der Waals surface area contributed by atoms with Crippen molar-refractivity contribution in [1.82, 2.24) is 0 Å². The molecule has 1 atom stereocenters. The molecule has 7 nitrogen and oxygen atoms in total. The molecular weight excluding hydrogens is 671 g/mol. The Hall–Kier alpha value is -0.670. The molecule has 0 spiro atoms. The van der Waals surface area contributed by atoms with Gasteiger partial charge in [0.1, 0.15) is 5.25 Å². The van der Waals surface area contributed by atoms with E-state index in [0.29, 0.717) is 12.8 Å². The summed E-state index contributed by atoms with van der Waals surface area (Å²) in [4.78, 5) is 23.9. The van der Waals surface area contributed by atoms with Crippen LogP contribution in [0.25, 0.3) is 0 Å². The zero-order valence-electron chi connectivity index (χ0n) is 23.6. The average Bonchev–Trinajstić information content (AvgIpc) is 2.92. The van der Waals surface area contributed by atoms with E-state index in [4.69, 9.17) is 4.74 Å². The fraction of sp³-hybridized carbons (Fsp3) is 0.913. The maximum atomic E-state index is 13.9. The average molecular weight is 703 g/mol. The second-order valence-corrected chi connectivity index (χ2v) is 10.2. The molecule has 0 bridgehead atoms. The van der Waals surface area contributed by atoms with Gasteiger partial charge in [-0.05, 0) is 6.42 Å². The van der Waals surface area contributed by atoms with Crippen molar-refractivity contribution >= 4 is 24.0 Å². The zero-order chi connectivity index (χ0) is 33.5. The van der Waals surface area contributed by atoms with E-state index in [1.54, 1.807) is 0 Å². The van der Waals surface area contributed by atoms with Crippen LogP contribution in [0.4, 0.5) is 52.7 Å². The molecule has 1 unspecified atom stereocenters. The minimum atomic E-state index is -7.80. The van der Waals surface area contributed by atoms with Crippen molar-refractivity contribution in [2.75, 3.05) is 13.2 Å². The van der Waals surface area contributed by atoms with Gasteiger partial charge in [0.25, 0.3) is 0 Å². The van der Waals surface area contributed by atoms with Crippen LogP contribution in [0.15, 0.2) is 0 Å². The molecule has 0 heterocycles. The molecule has 0 fully saturated rings. The predicted octanol–water partition coefficient (Wildman–Crippen LogP) is 4.07. The van der Waals surface area contributed by atoms with Crippen LogP contribution in [0.3, 0.4) is 0 Å². The number of hydrogen-bond acceptors (Lipinski definition) is 8. The van der Waals surface area contributed by atoms with Gasteiger partial charge in [-0.15, -0.1) is 0 Å². The third-order valence-electron chi connectivity index (χ3n) is 5.90. The molecule has 0 rings (SSSR count). The van der Waals surface area contributed by atoms with Crippen LogP contribution in [-0.2, 0) is 28.4 Å². The number of carbonyl (C=O) groups is 2. The number of alkyl halides is 12. The van der Waals surface area contributed by atoms with E-state index in [-0.39, 0.29) is 36.2 Å². The standard InChI is InChI=1S/C23H32F12O7S.Na/c1-2-3-4-5-6-7-8-9-10-11-12-39-16(36)13-15(43-42-41-38)17(37)40-14-19(26,27)21(30,31)23(34,35)22(32,33)20(28,29)18(24)25;/h15,18,38H,2-14H2,1H3;/q;+1/p-1. The summed E-state index contributed by atoms with van der Waals surface area (Å²) in [5.74, 6) is -40.1. The Balaban J connectivity index is 0. The smallest absolute Gasteiger partial charge is 0.691 e. The fourth-order valence-corrected chi connectivity index (χ4v) is 3.80. The maximum absolute atomic E-state index is 13.9. The molecule has 0 aliphatic carbocycles. The van der Waals surface area contributed by atoms with Gasteiger partial charge in [0.05, 0.1) is 13.0 Å². The van der Waals surface area contributed by atoms with E-state index in [9.17, 15) is 67.5 Å². The number of halogens is 12. The van der Waals surface area contributed by atoms with Crippen molar-refractivity contribution in [3.63, 3.8) is 0 Å². The largest absolute Gasteiger partial charge is 1.00 e. The Labute approximate surface area is 271 Å². The summed E-state index contributed by atoms with van der Waals surface area (Å²) in [5, 5.41) is 10.7. The fourth-order valence-electron chi connectivity index (χ4n) is 3.32. The van der Waals surface area contributed by atoms with Gasteiger partial charge in [0.15, 0.2) is 6.61 Å². The molecule has 0 aromatic rings. The van der Waals surface area contributed by atoms with Crippen LogP contribution < -0.4 is 34.8 Å². The molecule has 0 aromatic carbocycles. The Morgan fingerprint density at radius 2 is 1.20 bits per heavy atom. The molecule has 256 valence electrons. The number of esters is 2. The number of carbonyl (C=O) groups excluding carboxylic acids is 2. The molecule has 0 saturated heterocycles. The van der Waals surface area contributed by atoms with Gasteiger partial charge in [-0.3, -0.25) is 14.6 Å². The van der Waals surface area contributed by atoms with Crippen molar-refractivity contribution in [1.29, 1.82) is 0 Å². The predicted molar refractivity (Wildman–Crippen MR) is 123 cm³/mol. The second kappa shape index (κ2) is 20.5. The minimum Gasteiger partial charge on any atom is -0.691 e. The van der Waals surface area contributed by atoms with Crippen LogP contribution in [0, 0.1) is 0 Å². The Bertz CT molecular complexity index is 841. The molecule has 0 aliphatic rings. The summed E-state index contributed by atoms with van der Waals surface area (Å²) in [6.45, 7) is -1.27. The number of hydrogen-bond donors (Lipinski definition) is 0. The van der Waals surface area contributed by atoms with E-state index < -0.39 is 78.3 Å². The van der Waals surface area contributed by atoms with E-state index >= 15 is 0 Å². The van der Waals surface area contributed by atoms with Crippen molar-refractivity contribution < 1.29 is 116 Å². The van der Waals surface area contributed by atoms with E-state index in [1.165, 1.54) is 0 Å². The molecular formula is C23H31F12NaO7S. The minimum absolute atomic E-state index is 0. The van der Waals surface area contributed by atoms with E-state index in [1.807, 2.05) is 0 Å². The Morgan fingerprint density at radius 1 is 0.727 bits per heavy atom. The van der Waals surface area contributed by atoms with Crippen molar-refractivity contribution in [2.24, 2.45) is 0 Å². The van der Waals surface area contributed by atoms with Gasteiger partial charge in [-0.1, -0.05) is 64.7 Å². The Morgan fingerprint density at radius 3 is 1.66 bits per heavy atom. The summed E-state index contributed by atoms with van der Waals surface area (Å²) in [5.41, 5.74) is 0. The number of unbranched alkanes of at least 4 members (excludes halogenated alkanes) is 9. The SMILES string of the molecule is CCCCCCCCCCCCOC(=O)CC(SOO[O-])C(=O)OCC(F)(F)C(F)(F)C(F)(F)C(F)(F)C(F)(F)C(F)F.[Na+]. The molecule has 0 aromatic heterocycles. The van der Waals surface area contributed by atoms with Crippen LogP contribution in [0.1, 0.15) is 77.6 Å². The summed E-state index contributed by atoms with van der Waals surface area (Å²) in [6.07, 6.45) is 2.59. The molecule has 21 heteroatoms. The van der Waals surface area contributed by atoms with Gasteiger partial charge in [-0.2, -0.15) is 48.2 Å². The van der Waals surface area contributed by atoms with Gasteiger partial charge in [0, 0.05) is 12.0 Å². The van der Waals surface area contributed by atoms with Crippen LogP contribution in [-0.4, -0.2) is 66.4 Å². The maximum Gasteiger partial charge on any atom is 1.00 e. The van der Waals surface area contributed by atoms with E-state index in [0.717, 1.165) is 51.4 Å². The Kier molecular flexibility index (Phi) is 21.2. The van der Waals surface area contributed by atoms with Crippen LogP contribution >= 0.6 is 12.0 Å². The van der Waals surface area contributed by atoms with Crippen molar-refractivity contribution in [3.05, 3.63) is 0 Å². The van der Waals surface area contributed by atoms with Crippen LogP contribution in [0.2, 0.25) is 0 Å². The quantitative estimate of drug-likeness (QED) is 0.0283. The van der Waals surface area contributed by atoms with Crippen molar-refractivity contribution in [2.45, 2.75) is 119 Å². The molecule has 0 saturated carbocycles. The van der Waals surface area contributed by atoms with Gasteiger partial charge in [0.2, 0.25) is 0 Å². The number of rotatable bonds is 24. The van der Waals surface area contributed by atoms with Crippen LogP contribution in [0.5, 0.6) is 0 Å². The first-order valence-corrected chi connectivity index (χ1v) is 13.7. The summed E-state index contributed by atoms with van der Waals surface area (Å²) >= 11 is -0.401. The normalized spacial score (nSPS) is 13.9. The molecule has 0 N–H and O–H groups in total. The van der Waals surface area contributed by atoms with Gasteiger partial charge < -0.3 is 14.7 Å². The first-order valence-electron chi connectivity index (χ1n) is 12.9. The number of ether oxygens (including phenoxy) is 2. The first kappa shape index (κ1) is 45.5. The zero-order valence-corrected chi connectivity index (χ0v) is 26.5.